The van der Waals surface area contributed by atoms with E-state index in [1.165, 1.54) is 22.0 Å². The van der Waals surface area contributed by atoms with Gasteiger partial charge in [-0.25, -0.2) is 14.2 Å². The number of hydrogen-bond acceptors (Lipinski definition) is 5. The van der Waals surface area contributed by atoms with Crippen molar-refractivity contribution in [3.05, 3.63) is 59.4 Å². The summed E-state index contributed by atoms with van der Waals surface area (Å²) < 4.78 is 24.2. The molecule has 0 aliphatic carbocycles. The number of rotatable bonds is 5. The molecule has 2 aliphatic rings. The van der Waals surface area contributed by atoms with Crippen molar-refractivity contribution in [2.24, 2.45) is 5.10 Å². The van der Waals surface area contributed by atoms with Crippen LogP contribution in [0.25, 0.3) is 0 Å². The first-order valence-electron chi connectivity index (χ1n) is 10.00. The second-order valence-corrected chi connectivity index (χ2v) is 7.32. The van der Waals surface area contributed by atoms with Gasteiger partial charge in [0.2, 0.25) is 6.79 Å². The first kappa shape index (κ1) is 20.6. The van der Waals surface area contributed by atoms with Gasteiger partial charge in [-0.2, -0.15) is 5.10 Å². The van der Waals surface area contributed by atoms with Gasteiger partial charge < -0.3 is 19.7 Å². The maximum atomic E-state index is 13.4. The van der Waals surface area contributed by atoms with Crippen molar-refractivity contribution in [3.63, 3.8) is 0 Å². The molecule has 0 radical (unpaired) electrons. The first-order valence-corrected chi connectivity index (χ1v) is 10.00. The molecule has 0 saturated carbocycles. The summed E-state index contributed by atoms with van der Waals surface area (Å²) in [6.07, 6.45) is 0.446. The van der Waals surface area contributed by atoms with Gasteiger partial charge in [-0.3, -0.25) is 4.79 Å². The molecular formula is C22H23FN4O4. The summed E-state index contributed by atoms with van der Waals surface area (Å²) in [5.41, 5.74) is 2.23. The van der Waals surface area contributed by atoms with Crippen LogP contribution in [0.1, 0.15) is 30.5 Å². The lowest BCUT2D eigenvalue weighted by Gasteiger charge is -2.25. The van der Waals surface area contributed by atoms with Crippen LogP contribution < -0.4 is 14.8 Å². The number of benzene rings is 2. The van der Waals surface area contributed by atoms with Crippen LogP contribution in [0.3, 0.4) is 0 Å². The second-order valence-electron chi connectivity index (χ2n) is 7.32. The maximum Gasteiger partial charge on any atom is 0.317 e. The van der Waals surface area contributed by atoms with Crippen molar-refractivity contribution in [1.29, 1.82) is 0 Å². The molecule has 2 aromatic carbocycles. The average Bonchev–Trinajstić information content (AvgIpc) is 3.41. The summed E-state index contributed by atoms with van der Waals surface area (Å²) in [6.45, 7) is 2.30. The van der Waals surface area contributed by atoms with E-state index in [0.29, 0.717) is 30.2 Å². The van der Waals surface area contributed by atoms with Crippen molar-refractivity contribution < 1.29 is 23.5 Å². The first-order chi connectivity index (χ1) is 15.0. The van der Waals surface area contributed by atoms with Gasteiger partial charge in [0, 0.05) is 20.0 Å². The van der Waals surface area contributed by atoms with Crippen LogP contribution in [0, 0.1) is 5.82 Å². The summed E-state index contributed by atoms with van der Waals surface area (Å²) in [7, 11) is 1.55. The van der Waals surface area contributed by atoms with Gasteiger partial charge in [-0.05, 0) is 42.3 Å². The summed E-state index contributed by atoms with van der Waals surface area (Å²) in [5, 5.41) is 8.61. The Morgan fingerprint density at radius 3 is 2.68 bits per heavy atom. The number of amides is 3. The maximum absolute atomic E-state index is 13.4. The van der Waals surface area contributed by atoms with Gasteiger partial charge in [0.15, 0.2) is 11.5 Å². The molecule has 0 unspecified atom stereocenters. The van der Waals surface area contributed by atoms with E-state index in [1.807, 2.05) is 19.1 Å². The van der Waals surface area contributed by atoms with Crippen molar-refractivity contribution >= 4 is 17.6 Å². The van der Waals surface area contributed by atoms with Crippen molar-refractivity contribution in [1.82, 2.24) is 15.2 Å². The van der Waals surface area contributed by atoms with Crippen LogP contribution >= 0.6 is 0 Å². The molecule has 4 rings (SSSR count). The Bertz CT molecular complexity index is 1020. The van der Waals surface area contributed by atoms with E-state index in [2.05, 4.69) is 10.4 Å². The van der Waals surface area contributed by atoms with Gasteiger partial charge in [-0.15, -0.1) is 0 Å². The van der Waals surface area contributed by atoms with Gasteiger partial charge in [0.05, 0.1) is 11.8 Å². The lowest BCUT2D eigenvalue weighted by Crippen LogP contribution is -2.43. The van der Waals surface area contributed by atoms with Gasteiger partial charge in [-0.1, -0.05) is 18.2 Å². The van der Waals surface area contributed by atoms with Crippen LogP contribution in [0.2, 0.25) is 0 Å². The van der Waals surface area contributed by atoms with Gasteiger partial charge >= 0.3 is 6.03 Å². The minimum absolute atomic E-state index is 0.132. The zero-order chi connectivity index (χ0) is 22.0. The summed E-state index contributed by atoms with van der Waals surface area (Å²) in [6, 6.07) is 10.8. The fraction of sp³-hybridized carbons (Fsp3) is 0.318. The monoisotopic (exact) mass is 426 g/mol. The van der Waals surface area contributed by atoms with Crippen molar-refractivity contribution in [3.8, 4) is 11.5 Å². The van der Waals surface area contributed by atoms with E-state index >= 15 is 0 Å². The average molecular weight is 426 g/mol. The smallest absolute Gasteiger partial charge is 0.317 e. The Balaban J connectivity index is 1.62. The number of carbonyl (C=O) groups excluding carboxylic acids is 2. The summed E-state index contributed by atoms with van der Waals surface area (Å²) in [5.74, 6) is 0.592. The number of likely N-dealkylation sites (N-methyl/N-ethyl adjacent to an activating group) is 1. The zero-order valence-corrected chi connectivity index (χ0v) is 17.3. The molecule has 0 aromatic heterocycles. The highest BCUT2D eigenvalue weighted by Crippen LogP contribution is 2.39. The Hall–Kier alpha value is -3.62. The predicted molar refractivity (Wildman–Crippen MR) is 111 cm³/mol. The van der Waals surface area contributed by atoms with Crippen LogP contribution in [0.5, 0.6) is 11.5 Å². The number of nitrogens with one attached hydrogen (secondary N) is 1. The fourth-order valence-electron chi connectivity index (χ4n) is 3.57. The van der Waals surface area contributed by atoms with Crippen LogP contribution in [0.15, 0.2) is 47.6 Å². The molecule has 0 fully saturated rings. The number of ether oxygens (including phenoxy) is 2. The highest BCUT2D eigenvalue weighted by molar-refractivity contribution is 6.03. The van der Waals surface area contributed by atoms with Crippen molar-refractivity contribution in [2.45, 2.75) is 19.4 Å². The topological polar surface area (TPSA) is 83.5 Å². The quantitative estimate of drug-likeness (QED) is 0.797. The Labute approximate surface area is 179 Å². The molecule has 0 saturated heterocycles. The SMILES string of the molecule is CCNC(=O)N(C)CC(=O)N1N=C(c2ccc(F)cc2)C[C@@H]1c1ccc2c(c1)OCO2. The van der Waals surface area contributed by atoms with E-state index in [0.717, 1.165) is 11.1 Å². The van der Waals surface area contributed by atoms with E-state index in [9.17, 15) is 14.0 Å². The van der Waals surface area contributed by atoms with E-state index in [1.54, 1.807) is 25.2 Å². The predicted octanol–water partition coefficient (Wildman–Crippen LogP) is 2.89. The number of carbonyl (C=O) groups is 2. The largest absolute Gasteiger partial charge is 0.454 e. The Kier molecular flexibility index (Phi) is 5.75. The molecule has 1 N–H and O–H groups in total. The minimum Gasteiger partial charge on any atom is -0.454 e. The van der Waals surface area contributed by atoms with Gasteiger partial charge in [0.1, 0.15) is 12.4 Å². The fourth-order valence-corrected chi connectivity index (χ4v) is 3.57. The Morgan fingerprint density at radius 1 is 1.19 bits per heavy atom. The number of halogens is 1. The van der Waals surface area contributed by atoms with E-state index < -0.39 is 0 Å². The Morgan fingerprint density at radius 2 is 1.94 bits per heavy atom. The third-order valence-electron chi connectivity index (χ3n) is 5.17. The molecule has 31 heavy (non-hydrogen) atoms. The number of fused-ring (bicyclic) bond motifs is 1. The molecule has 2 aliphatic heterocycles. The molecule has 2 heterocycles. The third-order valence-corrected chi connectivity index (χ3v) is 5.17. The van der Waals surface area contributed by atoms with Crippen LogP contribution in [-0.4, -0.2) is 54.5 Å². The number of hydrazone groups is 1. The van der Waals surface area contributed by atoms with Gasteiger partial charge in [0.25, 0.3) is 5.91 Å². The van der Waals surface area contributed by atoms with Crippen molar-refractivity contribution in [2.75, 3.05) is 26.9 Å². The third kappa shape index (κ3) is 4.30. The van der Waals surface area contributed by atoms with Crippen LogP contribution in [-0.2, 0) is 4.79 Å². The second kappa shape index (κ2) is 8.63. The lowest BCUT2D eigenvalue weighted by atomic mass is 9.98. The summed E-state index contributed by atoms with van der Waals surface area (Å²) in [4.78, 5) is 26.4. The number of hydrogen-bond donors (Lipinski definition) is 1. The standard InChI is InChI=1S/C22H23FN4O4/c1-3-24-22(29)26(2)12-21(28)27-18(15-6-9-19-20(10-15)31-13-30-19)11-17(25-27)14-4-7-16(23)8-5-14/h4-10,18H,3,11-13H2,1-2H3,(H,24,29)/t18-/m1/s1. The molecule has 3 amide bonds. The molecule has 1 atom stereocenters. The lowest BCUT2D eigenvalue weighted by molar-refractivity contribution is -0.133. The molecular weight excluding hydrogens is 403 g/mol. The normalized spacial score (nSPS) is 16.8. The zero-order valence-electron chi connectivity index (χ0n) is 17.3. The minimum atomic E-state index is -0.385. The molecule has 8 nitrogen and oxygen atoms in total. The number of urea groups is 1. The summed E-state index contributed by atoms with van der Waals surface area (Å²) >= 11 is 0. The highest BCUT2D eigenvalue weighted by atomic mass is 19.1. The molecule has 0 spiro atoms. The van der Waals surface area contributed by atoms with E-state index in [-0.39, 0.29) is 37.1 Å². The van der Waals surface area contributed by atoms with Crippen LogP contribution in [0.4, 0.5) is 9.18 Å². The van der Waals surface area contributed by atoms with E-state index in [4.69, 9.17) is 9.47 Å². The molecule has 2 aromatic rings. The molecule has 9 heteroatoms. The molecule has 162 valence electrons. The number of nitrogens with zero attached hydrogens (tertiary/aromatic N) is 3. The molecule has 0 bridgehead atoms. The highest BCUT2D eigenvalue weighted by Gasteiger charge is 2.34.